The third-order valence-electron chi connectivity index (χ3n) is 3.03. The third-order valence-corrected chi connectivity index (χ3v) is 3.03. The van der Waals surface area contributed by atoms with Gasteiger partial charge in [-0.15, -0.1) is 0 Å². The minimum Gasteiger partial charge on any atom is -0.478 e. The van der Waals surface area contributed by atoms with Gasteiger partial charge in [-0.3, -0.25) is 0 Å². The van der Waals surface area contributed by atoms with Gasteiger partial charge in [0.1, 0.15) is 0 Å². The third kappa shape index (κ3) is 2.04. The zero-order valence-corrected chi connectivity index (χ0v) is 10.0. The van der Waals surface area contributed by atoms with Gasteiger partial charge in [0.2, 0.25) is 0 Å². The summed E-state index contributed by atoms with van der Waals surface area (Å²) in [4.78, 5) is 11.2. The van der Waals surface area contributed by atoms with Crippen LogP contribution in [0.15, 0.2) is 6.07 Å². The Balaban J connectivity index is 3.58. The molecule has 0 aliphatic carbocycles. The highest BCUT2D eigenvalue weighted by Crippen LogP contribution is 2.27. The fourth-order valence-electron chi connectivity index (χ4n) is 1.85. The van der Waals surface area contributed by atoms with Crippen LogP contribution in [0.4, 0.5) is 0 Å². The molecule has 0 bridgehead atoms. The maximum Gasteiger partial charge on any atom is 0.336 e. The first kappa shape index (κ1) is 11.8. The number of hydrogen-bond donors (Lipinski definition) is 1. The molecule has 0 saturated heterocycles. The first-order valence-electron chi connectivity index (χ1n) is 5.20. The Hall–Kier alpha value is -1.31. The van der Waals surface area contributed by atoms with E-state index in [-0.39, 0.29) is 5.92 Å². The Morgan fingerprint density at radius 1 is 1.20 bits per heavy atom. The molecule has 0 saturated carbocycles. The molecule has 0 amide bonds. The molecule has 1 N–H and O–H groups in total. The normalized spacial score (nSPS) is 10.8. The van der Waals surface area contributed by atoms with E-state index in [0.29, 0.717) is 5.56 Å². The molecule has 0 radical (unpaired) electrons. The Labute approximate surface area is 90.9 Å². The lowest BCUT2D eigenvalue weighted by Gasteiger charge is -2.16. The van der Waals surface area contributed by atoms with Gasteiger partial charge in [0, 0.05) is 0 Å². The second-order valence-electron chi connectivity index (χ2n) is 4.37. The van der Waals surface area contributed by atoms with Crippen LogP contribution in [0, 0.1) is 20.8 Å². The van der Waals surface area contributed by atoms with Crippen LogP contribution in [-0.2, 0) is 0 Å². The van der Waals surface area contributed by atoms with Crippen molar-refractivity contribution < 1.29 is 9.90 Å². The van der Waals surface area contributed by atoms with Gasteiger partial charge >= 0.3 is 5.97 Å². The summed E-state index contributed by atoms with van der Waals surface area (Å²) in [5, 5.41) is 9.21. The van der Waals surface area contributed by atoms with Crippen LogP contribution in [0.3, 0.4) is 0 Å². The SMILES string of the molecule is Cc1cc(C(C)C)c(C(=O)O)c(C)c1C. The van der Waals surface area contributed by atoms with Crippen molar-refractivity contribution in [2.45, 2.75) is 40.5 Å². The maximum atomic E-state index is 11.2. The standard InChI is InChI=1S/C13H18O2/c1-7(2)11-6-8(3)9(4)10(5)12(11)13(14)15/h6-7H,1-5H3,(H,14,15). The predicted molar refractivity (Wildman–Crippen MR) is 61.7 cm³/mol. The van der Waals surface area contributed by atoms with Crippen LogP contribution >= 0.6 is 0 Å². The molecule has 1 aromatic carbocycles. The monoisotopic (exact) mass is 206 g/mol. The molecular formula is C13H18O2. The summed E-state index contributed by atoms with van der Waals surface area (Å²) in [7, 11) is 0. The highest BCUT2D eigenvalue weighted by molar-refractivity contribution is 5.92. The summed E-state index contributed by atoms with van der Waals surface area (Å²) in [6, 6.07) is 2.00. The summed E-state index contributed by atoms with van der Waals surface area (Å²) >= 11 is 0. The first-order valence-corrected chi connectivity index (χ1v) is 5.20. The molecule has 0 fully saturated rings. The van der Waals surface area contributed by atoms with Gasteiger partial charge in [0.25, 0.3) is 0 Å². The summed E-state index contributed by atoms with van der Waals surface area (Å²) in [5.74, 6) is -0.576. The van der Waals surface area contributed by atoms with Crippen LogP contribution in [0.25, 0.3) is 0 Å². The first-order chi connectivity index (χ1) is 6.86. The molecule has 0 aromatic heterocycles. The molecule has 0 aliphatic rings. The van der Waals surface area contributed by atoms with Crippen LogP contribution in [0.2, 0.25) is 0 Å². The van der Waals surface area contributed by atoms with Crippen molar-refractivity contribution in [3.05, 3.63) is 33.9 Å². The summed E-state index contributed by atoms with van der Waals surface area (Å²) in [5.41, 5.74) is 4.56. The van der Waals surface area contributed by atoms with Crippen LogP contribution in [-0.4, -0.2) is 11.1 Å². The van der Waals surface area contributed by atoms with Gasteiger partial charge in [0.05, 0.1) is 5.56 Å². The number of carboxylic acids is 1. The molecule has 1 rings (SSSR count). The number of aryl methyl sites for hydroxylation is 1. The van der Waals surface area contributed by atoms with Crippen LogP contribution in [0.5, 0.6) is 0 Å². The van der Waals surface area contributed by atoms with E-state index in [4.69, 9.17) is 0 Å². The summed E-state index contributed by atoms with van der Waals surface area (Å²) in [6.07, 6.45) is 0. The van der Waals surface area contributed by atoms with E-state index < -0.39 is 5.97 Å². The van der Waals surface area contributed by atoms with Crippen molar-refractivity contribution in [3.8, 4) is 0 Å². The molecule has 1 aromatic rings. The second-order valence-corrected chi connectivity index (χ2v) is 4.37. The molecule has 0 spiro atoms. The fourth-order valence-corrected chi connectivity index (χ4v) is 1.85. The van der Waals surface area contributed by atoms with Gasteiger partial charge < -0.3 is 5.11 Å². The highest BCUT2D eigenvalue weighted by atomic mass is 16.4. The van der Waals surface area contributed by atoms with E-state index in [1.165, 1.54) is 5.56 Å². The van der Waals surface area contributed by atoms with E-state index in [0.717, 1.165) is 16.7 Å². The Morgan fingerprint density at radius 3 is 2.13 bits per heavy atom. The zero-order valence-electron chi connectivity index (χ0n) is 10.0. The van der Waals surface area contributed by atoms with E-state index in [1.54, 1.807) is 0 Å². The van der Waals surface area contributed by atoms with Crippen molar-refractivity contribution in [2.24, 2.45) is 0 Å². The van der Waals surface area contributed by atoms with Crippen molar-refractivity contribution in [2.75, 3.05) is 0 Å². The average molecular weight is 206 g/mol. The van der Waals surface area contributed by atoms with Gasteiger partial charge in [-0.1, -0.05) is 19.9 Å². The molecule has 2 nitrogen and oxygen atoms in total. The largest absolute Gasteiger partial charge is 0.478 e. The molecular weight excluding hydrogens is 188 g/mol. The molecule has 0 aliphatic heterocycles. The number of benzene rings is 1. The van der Waals surface area contributed by atoms with Gasteiger partial charge in [0.15, 0.2) is 0 Å². The smallest absolute Gasteiger partial charge is 0.336 e. The lowest BCUT2D eigenvalue weighted by molar-refractivity contribution is 0.0694. The van der Waals surface area contributed by atoms with E-state index in [2.05, 4.69) is 0 Å². The van der Waals surface area contributed by atoms with Crippen LogP contribution < -0.4 is 0 Å². The Kier molecular flexibility index (Phi) is 3.18. The molecule has 0 atom stereocenters. The van der Waals surface area contributed by atoms with Gasteiger partial charge in [-0.25, -0.2) is 4.79 Å². The average Bonchev–Trinajstić information content (AvgIpc) is 2.12. The van der Waals surface area contributed by atoms with Crippen molar-refractivity contribution >= 4 is 5.97 Å². The van der Waals surface area contributed by atoms with E-state index >= 15 is 0 Å². The molecule has 0 heterocycles. The van der Waals surface area contributed by atoms with Gasteiger partial charge in [-0.2, -0.15) is 0 Å². The fraction of sp³-hybridized carbons (Fsp3) is 0.462. The zero-order chi connectivity index (χ0) is 11.7. The van der Waals surface area contributed by atoms with Crippen molar-refractivity contribution in [1.82, 2.24) is 0 Å². The molecule has 82 valence electrons. The number of carboxylic acid groups (broad SMARTS) is 1. The number of aromatic carboxylic acids is 1. The van der Waals surface area contributed by atoms with Crippen molar-refractivity contribution in [1.29, 1.82) is 0 Å². The number of carbonyl (C=O) groups is 1. The molecule has 15 heavy (non-hydrogen) atoms. The summed E-state index contributed by atoms with van der Waals surface area (Å²) < 4.78 is 0. The van der Waals surface area contributed by atoms with Gasteiger partial charge in [-0.05, 0) is 48.9 Å². The number of hydrogen-bond acceptors (Lipinski definition) is 1. The predicted octanol–water partition coefficient (Wildman–Crippen LogP) is 3.43. The minimum atomic E-state index is -0.820. The highest BCUT2D eigenvalue weighted by Gasteiger charge is 2.18. The molecule has 0 unspecified atom stereocenters. The summed E-state index contributed by atoms with van der Waals surface area (Å²) in [6.45, 7) is 9.94. The Morgan fingerprint density at radius 2 is 1.73 bits per heavy atom. The lowest BCUT2D eigenvalue weighted by Crippen LogP contribution is -2.09. The van der Waals surface area contributed by atoms with Crippen LogP contribution in [0.1, 0.15) is 52.4 Å². The minimum absolute atomic E-state index is 0.245. The van der Waals surface area contributed by atoms with Crippen molar-refractivity contribution in [3.63, 3.8) is 0 Å². The number of rotatable bonds is 2. The molecule has 2 heteroatoms. The Bertz CT molecular complexity index is 403. The van der Waals surface area contributed by atoms with E-state index in [1.807, 2.05) is 40.7 Å². The van der Waals surface area contributed by atoms with E-state index in [9.17, 15) is 9.90 Å². The quantitative estimate of drug-likeness (QED) is 0.804. The maximum absolute atomic E-state index is 11.2. The second kappa shape index (κ2) is 4.05. The topological polar surface area (TPSA) is 37.3 Å². The lowest BCUT2D eigenvalue weighted by atomic mass is 9.88.